The minimum Gasteiger partial charge on any atom is -0.496 e. The van der Waals surface area contributed by atoms with Gasteiger partial charge in [0.15, 0.2) is 5.79 Å². The number of ether oxygens (including phenoxy) is 3. The maximum absolute atomic E-state index is 6.10. The van der Waals surface area contributed by atoms with Crippen molar-refractivity contribution < 1.29 is 19.0 Å². The van der Waals surface area contributed by atoms with Crippen LogP contribution in [0.5, 0.6) is 0 Å². The summed E-state index contributed by atoms with van der Waals surface area (Å²) in [4.78, 5) is 5.93. The van der Waals surface area contributed by atoms with Crippen molar-refractivity contribution in [2.24, 2.45) is 0 Å². The smallest absolute Gasteiger partial charge is 0.163 e. The molecule has 0 amide bonds. The van der Waals surface area contributed by atoms with Crippen LogP contribution in [0.25, 0.3) is 0 Å². The zero-order valence-electron chi connectivity index (χ0n) is 14.7. The lowest BCUT2D eigenvalue weighted by molar-refractivity contribution is -0.224. The van der Waals surface area contributed by atoms with E-state index in [0.29, 0.717) is 26.4 Å². The van der Waals surface area contributed by atoms with E-state index in [0.717, 1.165) is 12.2 Å². The van der Waals surface area contributed by atoms with E-state index in [1.54, 1.807) is 0 Å². The van der Waals surface area contributed by atoms with Crippen LogP contribution in [0.1, 0.15) is 32.8 Å². The zero-order valence-corrected chi connectivity index (χ0v) is 14.7. The summed E-state index contributed by atoms with van der Waals surface area (Å²) in [5.41, 5.74) is 1.19. The first-order chi connectivity index (χ1) is 11.6. The van der Waals surface area contributed by atoms with Gasteiger partial charge in [-0.05, 0) is 31.9 Å². The first-order valence-electron chi connectivity index (χ1n) is 8.67. The molecule has 0 spiro atoms. The SMILES string of the molecule is CCCOC1=CCON(Cc2ccccc2)[C@H]1[C@H]1COC(C)(C)O1. The van der Waals surface area contributed by atoms with Gasteiger partial charge in [-0.2, -0.15) is 5.06 Å². The minimum absolute atomic E-state index is 0.104. The van der Waals surface area contributed by atoms with Gasteiger partial charge in [0.25, 0.3) is 0 Å². The Labute approximate surface area is 144 Å². The van der Waals surface area contributed by atoms with Gasteiger partial charge < -0.3 is 14.2 Å². The van der Waals surface area contributed by atoms with E-state index < -0.39 is 5.79 Å². The first-order valence-corrected chi connectivity index (χ1v) is 8.67. The zero-order chi connectivity index (χ0) is 17.0. The highest BCUT2D eigenvalue weighted by atomic mass is 16.8. The number of benzene rings is 1. The van der Waals surface area contributed by atoms with Crippen molar-refractivity contribution >= 4 is 0 Å². The average Bonchev–Trinajstić information content (AvgIpc) is 2.93. The fourth-order valence-electron chi connectivity index (χ4n) is 3.07. The molecule has 2 aliphatic rings. The van der Waals surface area contributed by atoms with Gasteiger partial charge in [0.05, 0.1) is 26.4 Å². The molecule has 3 rings (SSSR count). The molecule has 2 heterocycles. The summed E-state index contributed by atoms with van der Waals surface area (Å²) in [6.45, 7) is 8.40. The van der Waals surface area contributed by atoms with E-state index in [2.05, 4.69) is 19.1 Å². The Kier molecular flexibility index (Phi) is 5.56. The largest absolute Gasteiger partial charge is 0.496 e. The minimum atomic E-state index is -0.573. The third-order valence-corrected chi connectivity index (χ3v) is 4.16. The molecule has 132 valence electrons. The maximum Gasteiger partial charge on any atom is 0.163 e. The van der Waals surface area contributed by atoms with Crippen LogP contribution in [-0.4, -0.2) is 42.8 Å². The predicted molar refractivity (Wildman–Crippen MR) is 91.0 cm³/mol. The van der Waals surface area contributed by atoms with Gasteiger partial charge in [-0.25, -0.2) is 0 Å². The highest BCUT2D eigenvalue weighted by Gasteiger charge is 2.43. The lowest BCUT2D eigenvalue weighted by Crippen LogP contribution is -2.49. The van der Waals surface area contributed by atoms with Crippen LogP contribution >= 0.6 is 0 Å². The average molecular weight is 333 g/mol. The Morgan fingerprint density at radius 2 is 2.04 bits per heavy atom. The summed E-state index contributed by atoms with van der Waals surface area (Å²) in [5.74, 6) is 0.349. The van der Waals surface area contributed by atoms with E-state index in [9.17, 15) is 0 Å². The van der Waals surface area contributed by atoms with Gasteiger partial charge in [-0.3, -0.25) is 4.84 Å². The van der Waals surface area contributed by atoms with Gasteiger partial charge in [0.1, 0.15) is 17.9 Å². The molecule has 1 aromatic carbocycles. The molecule has 2 atom stereocenters. The monoisotopic (exact) mass is 333 g/mol. The first kappa shape index (κ1) is 17.4. The predicted octanol–water partition coefficient (Wildman–Crippen LogP) is 3.26. The van der Waals surface area contributed by atoms with Gasteiger partial charge in [-0.1, -0.05) is 37.3 Å². The number of nitrogens with zero attached hydrogens (tertiary/aromatic N) is 1. The van der Waals surface area contributed by atoms with Crippen molar-refractivity contribution in [1.82, 2.24) is 5.06 Å². The number of rotatable bonds is 6. The molecular formula is C19H27NO4. The van der Waals surface area contributed by atoms with Crippen molar-refractivity contribution in [3.8, 4) is 0 Å². The second kappa shape index (κ2) is 7.66. The quantitative estimate of drug-likeness (QED) is 0.799. The number of hydroxylamine groups is 2. The molecule has 1 fully saturated rings. The summed E-state index contributed by atoms with van der Waals surface area (Å²) in [6, 6.07) is 10.2. The second-order valence-corrected chi connectivity index (χ2v) is 6.62. The highest BCUT2D eigenvalue weighted by Crippen LogP contribution is 2.32. The normalized spacial score (nSPS) is 27.0. The molecule has 1 aromatic rings. The van der Waals surface area contributed by atoms with Gasteiger partial charge in [-0.15, -0.1) is 0 Å². The number of hydrogen-bond acceptors (Lipinski definition) is 5. The standard InChI is InChI=1S/C19H27NO4/c1-4-11-21-16-10-12-23-20(13-15-8-6-5-7-9-15)18(16)17-14-22-19(2,3)24-17/h5-10,17-18H,4,11-14H2,1-3H3/t17-,18-/m1/s1. The molecule has 0 unspecified atom stereocenters. The fourth-order valence-corrected chi connectivity index (χ4v) is 3.07. The van der Waals surface area contributed by atoms with Crippen LogP contribution in [0.15, 0.2) is 42.2 Å². The molecule has 5 heteroatoms. The second-order valence-electron chi connectivity index (χ2n) is 6.62. The Morgan fingerprint density at radius 3 is 2.71 bits per heavy atom. The van der Waals surface area contributed by atoms with E-state index in [1.807, 2.05) is 43.2 Å². The van der Waals surface area contributed by atoms with Crippen molar-refractivity contribution in [1.29, 1.82) is 0 Å². The van der Waals surface area contributed by atoms with Gasteiger partial charge >= 0.3 is 0 Å². The molecule has 24 heavy (non-hydrogen) atoms. The summed E-state index contributed by atoms with van der Waals surface area (Å²) in [5, 5.41) is 1.97. The van der Waals surface area contributed by atoms with E-state index in [4.69, 9.17) is 19.0 Å². The number of hydrogen-bond donors (Lipinski definition) is 0. The molecule has 0 N–H and O–H groups in total. The lowest BCUT2D eigenvalue weighted by Gasteiger charge is -2.37. The third kappa shape index (κ3) is 4.16. The van der Waals surface area contributed by atoms with E-state index in [1.165, 1.54) is 5.56 Å². The van der Waals surface area contributed by atoms with Crippen LogP contribution in [0, 0.1) is 0 Å². The van der Waals surface area contributed by atoms with Crippen molar-refractivity contribution in [2.75, 3.05) is 19.8 Å². The summed E-state index contributed by atoms with van der Waals surface area (Å²) in [6.07, 6.45) is 2.86. The van der Waals surface area contributed by atoms with Crippen molar-refractivity contribution in [3.63, 3.8) is 0 Å². The molecule has 0 saturated carbocycles. The van der Waals surface area contributed by atoms with E-state index in [-0.39, 0.29) is 12.1 Å². The van der Waals surface area contributed by atoms with Crippen LogP contribution in [0.2, 0.25) is 0 Å². The molecule has 0 aliphatic carbocycles. The Bertz CT molecular complexity index is 558. The van der Waals surface area contributed by atoms with Crippen LogP contribution in [-0.2, 0) is 25.6 Å². The fraction of sp³-hybridized carbons (Fsp3) is 0.579. The van der Waals surface area contributed by atoms with Gasteiger partial charge in [0, 0.05) is 0 Å². The van der Waals surface area contributed by atoms with Crippen LogP contribution in [0.3, 0.4) is 0 Å². The lowest BCUT2D eigenvalue weighted by atomic mass is 10.1. The molecule has 1 saturated heterocycles. The Hall–Kier alpha value is -1.40. The Balaban J connectivity index is 1.79. The molecule has 5 nitrogen and oxygen atoms in total. The molecule has 0 radical (unpaired) electrons. The molecule has 0 bridgehead atoms. The van der Waals surface area contributed by atoms with Crippen LogP contribution < -0.4 is 0 Å². The molecule has 2 aliphatic heterocycles. The molecule has 0 aromatic heterocycles. The highest BCUT2D eigenvalue weighted by molar-refractivity contribution is 5.16. The Morgan fingerprint density at radius 1 is 1.25 bits per heavy atom. The van der Waals surface area contributed by atoms with Crippen LogP contribution in [0.4, 0.5) is 0 Å². The maximum atomic E-state index is 6.10. The topological polar surface area (TPSA) is 40.2 Å². The third-order valence-electron chi connectivity index (χ3n) is 4.16. The summed E-state index contributed by atoms with van der Waals surface area (Å²) in [7, 11) is 0. The summed E-state index contributed by atoms with van der Waals surface area (Å²) < 4.78 is 17.9. The van der Waals surface area contributed by atoms with E-state index >= 15 is 0 Å². The molecular weight excluding hydrogens is 306 g/mol. The van der Waals surface area contributed by atoms with Crippen molar-refractivity contribution in [2.45, 2.75) is 51.7 Å². The van der Waals surface area contributed by atoms with Crippen molar-refractivity contribution in [3.05, 3.63) is 47.7 Å². The summed E-state index contributed by atoms with van der Waals surface area (Å²) >= 11 is 0. The van der Waals surface area contributed by atoms with Gasteiger partial charge in [0.2, 0.25) is 0 Å².